The molecule has 3 rings (SSSR count). The summed E-state index contributed by atoms with van der Waals surface area (Å²) in [5, 5.41) is 15.2. The van der Waals surface area contributed by atoms with Crippen molar-refractivity contribution in [2.75, 3.05) is 26.2 Å². The molecular weight excluding hydrogens is 564 g/mol. The molecule has 0 saturated carbocycles. The minimum Gasteiger partial charge on any atom is -0.494 e. The highest BCUT2D eigenvalue weighted by Gasteiger charge is 2.50. The second kappa shape index (κ2) is 16.5. The van der Waals surface area contributed by atoms with Gasteiger partial charge in [-0.25, -0.2) is 8.78 Å². The lowest BCUT2D eigenvalue weighted by atomic mass is 9.63. The molecule has 3 atom stereocenters. The van der Waals surface area contributed by atoms with Gasteiger partial charge < -0.3 is 25.8 Å². The molecule has 0 heterocycles. The van der Waals surface area contributed by atoms with Crippen molar-refractivity contribution in [1.82, 2.24) is 10.2 Å². The fraction of sp³-hybridized carbons (Fsp3) is 0.486. The fourth-order valence-electron chi connectivity index (χ4n) is 6.10. The van der Waals surface area contributed by atoms with Crippen LogP contribution in [0.2, 0.25) is 0 Å². The topological polar surface area (TPSA) is 105 Å². The number of primary amides is 1. The summed E-state index contributed by atoms with van der Waals surface area (Å²) in [6.07, 6.45) is 4.62. The van der Waals surface area contributed by atoms with Crippen LogP contribution in [0.25, 0.3) is 0 Å². The van der Waals surface area contributed by atoms with Gasteiger partial charge in [-0.05, 0) is 74.4 Å². The lowest BCUT2D eigenvalue weighted by Crippen LogP contribution is -2.54. The Balaban J connectivity index is 2.03. The monoisotopic (exact) mass is 611 g/mol. The standard InChI is InChI=1S/C35H47F2N3O4/c1-5-11-40(12-6-2)34(43)35(20-24(4)14-27(21-35)33(38)42)31(18-26-15-28(36)19-29(37)16-26)32(41)23-39-22-25-9-8-10-30(17-25)44-13-7-3/h8-10,14-17,19-20,31-32,39,41H,5-7,11-13,18,21-23H2,1-4H3,(H2,38,42)/t31-,32+,35?/m1/s1. The molecule has 0 fully saturated rings. The van der Waals surface area contributed by atoms with E-state index in [2.05, 4.69) is 5.32 Å². The van der Waals surface area contributed by atoms with E-state index in [9.17, 15) is 23.5 Å². The number of hydrogen-bond acceptors (Lipinski definition) is 5. The predicted molar refractivity (Wildman–Crippen MR) is 169 cm³/mol. The number of nitrogens with two attached hydrogens (primary N) is 1. The van der Waals surface area contributed by atoms with Crippen molar-refractivity contribution >= 4 is 11.8 Å². The van der Waals surface area contributed by atoms with Crippen molar-refractivity contribution in [3.63, 3.8) is 0 Å². The maximum absolute atomic E-state index is 14.6. The molecule has 1 aliphatic carbocycles. The van der Waals surface area contributed by atoms with Crippen molar-refractivity contribution in [2.45, 2.75) is 72.4 Å². The van der Waals surface area contributed by atoms with Gasteiger partial charge in [0.15, 0.2) is 0 Å². The van der Waals surface area contributed by atoms with Crippen LogP contribution in [-0.2, 0) is 22.6 Å². The van der Waals surface area contributed by atoms with E-state index in [-0.39, 0.29) is 30.9 Å². The molecule has 9 heteroatoms. The smallest absolute Gasteiger partial charge is 0.244 e. The Morgan fingerprint density at radius 3 is 2.34 bits per heavy atom. The summed E-state index contributed by atoms with van der Waals surface area (Å²) >= 11 is 0. The van der Waals surface area contributed by atoms with Crippen LogP contribution >= 0.6 is 0 Å². The number of nitrogens with one attached hydrogen (secondary N) is 1. The number of nitrogens with zero attached hydrogens (tertiary/aromatic N) is 1. The van der Waals surface area contributed by atoms with Gasteiger partial charge in [-0.15, -0.1) is 0 Å². The van der Waals surface area contributed by atoms with E-state index in [1.54, 1.807) is 24.0 Å². The average Bonchev–Trinajstić information content (AvgIpc) is 2.97. The minimum absolute atomic E-state index is 0.00841. The van der Waals surface area contributed by atoms with Crippen LogP contribution in [0, 0.1) is 23.0 Å². The van der Waals surface area contributed by atoms with Crippen molar-refractivity contribution in [1.29, 1.82) is 0 Å². The van der Waals surface area contributed by atoms with E-state index in [1.807, 2.05) is 45.0 Å². The van der Waals surface area contributed by atoms with E-state index >= 15 is 0 Å². The lowest BCUT2D eigenvalue weighted by molar-refractivity contribution is -0.145. The van der Waals surface area contributed by atoms with E-state index in [4.69, 9.17) is 10.5 Å². The quantitative estimate of drug-likeness (QED) is 0.220. The third-order valence-corrected chi connectivity index (χ3v) is 7.92. The molecule has 1 unspecified atom stereocenters. The lowest BCUT2D eigenvalue weighted by Gasteiger charge is -2.45. The Morgan fingerprint density at radius 2 is 1.73 bits per heavy atom. The van der Waals surface area contributed by atoms with Gasteiger partial charge in [0.1, 0.15) is 17.4 Å². The van der Waals surface area contributed by atoms with Crippen LogP contribution in [0.4, 0.5) is 8.78 Å². The number of carbonyl (C=O) groups excluding carboxylic acids is 2. The molecule has 2 aromatic rings. The maximum atomic E-state index is 14.6. The predicted octanol–water partition coefficient (Wildman–Crippen LogP) is 5.46. The summed E-state index contributed by atoms with van der Waals surface area (Å²) in [5.41, 5.74) is 6.55. The molecule has 7 nitrogen and oxygen atoms in total. The van der Waals surface area contributed by atoms with Gasteiger partial charge in [-0.3, -0.25) is 9.59 Å². The first kappa shape index (κ1) is 34.9. The van der Waals surface area contributed by atoms with Crippen LogP contribution in [-0.4, -0.2) is 54.2 Å². The van der Waals surface area contributed by atoms with E-state index in [1.165, 1.54) is 12.1 Å². The number of aliphatic hydroxyl groups is 1. The van der Waals surface area contributed by atoms with Gasteiger partial charge in [0.05, 0.1) is 18.1 Å². The highest BCUT2D eigenvalue weighted by molar-refractivity contribution is 5.96. The third-order valence-electron chi connectivity index (χ3n) is 7.92. The van der Waals surface area contributed by atoms with Crippen LogP contribution in [0.15, 0.2) is 65.8 Å². The molecule has 0 bridgehead atoms. The molecule has 0 aliphatic heterocycles. The normalized spacial score (nSPS) is 17.8. The Bertz CT molecular complexity index is 1320. The number of benzene rings is 2. The van der Waals surface area contributed by atoms with E-state index in [0.717, 1.165) is 23.8 Å². The van der Waals surface area contributed by atoms with Crippen molar-refractivity contribution < 1.29 is 28.2 Å². The first-order valence-corrected chi connectivity index (χ1v) is 15.6. The Hall–Kier alpha value is -3.56. The zero-order chi connectivity index (χ0) is 32.3. The first-order chi connectivity index (χ1) is 21.0. The summed E-state index contributed by atoms with van der Waals surface area (Å²) < 4.78 is 34.4. The first-order valence-electron chi connectivity index (χ1n) is 15.6. The highest BCUT2D eigenvalue weighted by Crippen LogP contribution is 2.45. The number of halogens is 2. The number of hydrogen-bond donors (Lipinski definition) is 3. The minimum atomic E-state index is -1.38. The molecule has 2 aromatic carbocycles. The summed E-state index contributed by atoms with van der Waals surface area (Å²) in [7, 11) is 0. The zero-order valence-corrected chi connectivity index (χ0v) is 26.4. The van der Waals surface area contributed by atoms with Crippen LogP contribution in [0.5, 0.6) is 5.75 Å². The highest BCUT2D eigenvalue weighted by atomic mass is 19.1. The van der Waals surface area contributed by atoms with E-state index < -0.39 is 35.0 Å². The van der Waals surface area contributed by atoms with Gasteiger partial charge in [0.25, 0.3) is 0 Å². The number of allylic oxidation sites excluding steroid dienone is 2. The third kappa shape index (κ3) is 9.22. The van der Waals surface area contributed by atoms with Gasteiger partial charge in [-0.1, -0.05) is 50.6 Å². The SMILES string of the molecule is CCCOc1cccc(CNC[C@H](O)[C@@H](Cc2cc(F)cc(F)c2)C2(C(=O)N(CCC)CCC)C=C(C)C=C(C(N)=O)C2)c1. The number of aliphatic hydroxyl groups excluding tert-OH is 1. The van der Waals surface area contributed by atoms with Gasteiger partial charge in [0, 0.05) is 43.7 Å². The Labute approximate surface area is 260 Å². The second-order valence-corrected chi connectivity index (χ2v) is 11.7. The molecule has 4 N–H and O–H groups in total. The second-order valence-electron chi connectivity index (χ2n) is 11.7. The number of ether oxygens (including phenoxy) is 1. The van der Waals surface area contributed by atoms with Gasteiger partial charge >= 0.3 is 0 Å². The summed E-state index contributed by atoms with van der Waals surface area (Å²) in [6.45, 7) is 9.87. The summed E-state index contributed by atoms with van der Waals surface area (Å²) in [5.74, 6) is -2.48. The van der Waals surface area contributed by atoms with Crippen LogP contribution in [0.3, 0.4) is 0 Å². The maximum Gasteiger partial charge on any atom is 0.244 e. The molecule has 44 heavy (non-hydrogen) atoms. The molecule has 240 valence electrons. The molecule has 0 radical (unpaired) electrons. The Kier molecular flexibility index (Phi) is 13.1. The van der Waals surface area contributed by atoms with E-state index in [0.29, 0.717) is 50.2 Å². The van der Waals surface area contributed by atoms with Crippen LogP contribution < -0.4 is 15.8 Å². The van der Waals surface area contributed by atoms with Crippen molar-refractivity contribution in [2.24, 2.45) is 17.1 Å². The largest absolute Gasteiger partial charge is 0.494 e. The summed E-state index contributed by atoms with van der Waals surface area (Å²) in [4.78, 5) is 28.9. The van der Waals surface area contributed by atoms with Crippen LogP contribution in [0.1, 0.15) is 64.5 Å². The molecule has 0 aromatic heterocycles. The number of rotatable bonds is 17. The number of amides is 2. The van der Waals surface area contributed by atoms with Crippen molar-refractivity contribution in [3.05, 3.63) is 88.5 Å². The molecule has 0 saturated heterocycles. The summed E-state index contributed by atoms with van der Waals surface area (Å²) in [6, 6.07) is 10.9. The fourth-order valence-corrected chi connectivity index (χ4v) is 6.10. The average molecular weight is 612 g/mol. The molecule has 1 aliphatic rings. The van der Waals surface area contributed by atoms with Crippen molar-refractivity contribution in [3.8, 4) is 5.75 Å². The van der Waals surface area contributed by atoms with Gasteiger partial charge in [-0.2, -0.15) is 0 Å². The molecular formula is C35H47F2N3O4. The molecule has 2 amide bonds. The van der Waals surface area contributed by atoms with Gasteiger partial charge in [0.2, 0.25) is 11.8 Å². The Morgan fingerprint density at radius 1 is 1.05 bits per heavy atom. The zero-order valence-electron chi connectivity index (χ0n) is 26.4. The number of carbonyl (C=O) groups is 2. The molecule has 0 spiro atoms.